The summed E-state index contributed by atoms with van der Waals surface area (Å²) in [6.07, 6.45) is 3.20. The molecule has 17 heavy (non-hydrogen) atoms. The van der Waals surface area contributed by atoms with Crippen molar-refractivity contribution in [2.75, 3.05) is 17.7 Å². The highest BCUT2D eigenvalue weighted by Crippen LogP contribution is 2.20. The van der Waals surface area contributed by atoms with Crippen molar-refractivity contribution in [2.45, 2.75) is 6.92 Å². The minimum atomic E-state index is -0.282. The Morgan fingerprint density at radius 2 is 1.94 bits per heavy atom. The van der Waals surface area contributed by atoms with Crippen LogP contribution in [-0.2, 0) is 0 Å². The van der Waals surface area contributed by atoms with Gasteiger partial charge in [-0.1, -0.05) is 6.07 Å². The molecule has 0 radical (unpaired) electrons. The summed E-state index contributed by atoms with van der Waals surface area (Å²) in [5.74, 6) is 0.949. The van der Waals surface area contributed by atoms with Gasteiger partial charge in [-0.25, -0.2) is 9.37 Å². The van der Waals surface area contributed by atoms with Gasteiger partial charge >= 0.3 is 0 Å². The highest BCUT2D eigenvalue weighted by molar-refractivity contribution is 5.60. The van der Waals surface area contributed by atoms with Crippen LogP contribution in [0.25, 0.3) is 0 Å². The normalized spacial score (nSPS) is 10.1. The number of aromatic nitrogens is 2. The second kappa shape index (κ2) is 4.78. The molecule has 2 rings (SSSR count). The van der Waals surface area contributed by atoms with Crippen molar-refractivity contribution in [3.63, 3.8) is 0 Å². The largest absolute Gasteiger partial charge is 0.372 e. The molecule has 5 heteroatoms. The fourth-order valence-electron chi connectivity index (χ4n) is 1.41. The molecule has 1 heterocycles. The summed E-state index contributed by atoms with van der Waals surface area (Å²) in [4.78, 5) is 8.27. The van der Waals surface area contributed by atoms with E-state index in [0.717, 1.165) is 5.56 Å². The van der Waals surface area contributed by atoms with Crippen molar-refractivity contribution in [2.24, 2.45) is 0 Å². The molecule has 0 unspecified atom stereocenters. The molecular weight excluding hydrogens is 219 g/mol. The average molecular weight is 232 g/mol. The van der Waals surface area contributed by atoms with Crippen LogP contribution in [0, 0.1) is 12.7 Å². The molecule has 0 fully saturated rings. The first-order valence-electron chi connectivity index (χ1n) is 5.22. The van der Waals surface area contributed by atoms with E-state index in [2.05, 4.69) is 20.6 Å². The summed E-state index contributed by atoms with van der Waals surface area (Å²) in [6, 6.07) is 4.58. The van der Waals surface area contributed by atoms with Crippen molar-refractivity contribution in [1.82, 2.24) is 9.97 Å². The van der Waals surface area contributed by atoms with Gasteiger partial charge in [0.1, 0.15) is 11.6 Å². The van der Waals surface area contributed by atoms with Crippen molar-refractivity contribution in [1.29, 1.82) is 0 Å². The van der Waals surface area contributed by atoms with E-state index < -0.39 is 0 Å². The van der Waals surface area contributed by atoms with Crippen LogP contribution in [0.2, 0.25) is 0 Å². The number of anilines is 3. The van der Waals surface area contributed by atoms with Crippen molar-refractivity contribution >= 4 is 17.3 Å². The summed E-state index contributed by atoms with van der Waals surface area (Å²) >= 11 is 0. The molecule has 4 nitrogen and oxygen atoms in total. The number of halogens is 1. The van der Waals surface area contributed by atoms with E-state index >= 15 is 0 Å². The molecule has 2 aromatic rings. The van der Waals surface area contributed by atoms with Crippen LogP contribution < -0.4 is 10.6 Å². The Labute approximate surface area is 98.9 Å². The number of nitrogens with one attached hydrogen (secondary N) is 2. The van der Waals surface area contributed by atoms with Gasteiger partial charge in [0.25, 0.3) is 0 Å². The standard InChI is InChI=1S/C12H13FN4/c1-8-3-4-9(13)5-10(8)16-12-7-15-6-11(14-2)17-12/h3-7H,1-2H3,(H2,14,16,17). The molecule has 0 spiro atoms. The van der Waals surface area contributed by atoms with Gasteiger partial charge in [0.15, 0.2) is 5.82 Å². The van der Waals surface area contributed by atoms with Crippen LogP contribution in [0.5, 0.6) is 0 Å². The SMILES string of the molecule is CNc1cncc(Nc2cc(F)ccc2C)n1. The van der Waals surface area contributed by atoms with Crippen molar-refractivity contribution < 1.29 is 4.39 Å². The third-order valence-corrected chi connectivity index (χ3v) is 2.35. The van der Waals surface area contributed by atoms with Gasteiger partial charge in [0, 0.05) is 12.7 Å². The predicted molar refractivity (Wildman–Crippen MR) is 66.0 cm³/mol. The van der Waals surface area contributed by atoms with E-state index in [0.29, 0.717) is 17.3 Å². The lowest BCUT2D eigenvalue weighted by Crippen LogP contribution is -2.00. The monoisotopic (exact) mass is 232 g/mol. The van der Waals surface area contributed by atoms with Crippen LogP contribution in [0.1, 0.15) is 5.56 Å². The molecule has 0 amide bonds. The number of hydrogen-bond acceptors (Lipinski definition) is 4. The molecule has 0 aliphatic rings. The summed E-state index contributed by atoms with van der Waals surface area (Å²) in [6.45, 7) is 1.90. The van der Waals surface area contributed by atoms with Crippen LogP contribution in [0.15, 0.2) is 30.6 Å². The third-order valence-electron chi connectivity index (χ3n) is 2.35. The molecule has 0 atom stereocenters. The molecule has 1 aromatic heterocycles. The Morgan fingerprint density at radius 1 is 1.18 bits per heavy atom. The number of benzene rings is 1. The summed E-state index contributed by atoms with van der Waals surface area (Å²) in [5, 5.41) is 5.93. The second-order valence-electron chi connectivity index (χ2n) is 3.62. The van der Waals surface area contributed by atoms with Crippen LogP contribution in [0.3, 0.4) is 0 Å². The zero-order valence-corrected chi connectivity index (χ0v) is 9.66. The Kier molecular flexibility index (Phi) is 3.18. The van der Waals surface area contributed by atoms with E-state index in [1.165, 1.54) is 12.1 Å². The van der Waals surface area contributed by atoms with E-state index in [1.807, 2.05) is 6.92 Å². The molecular formula is C12H13FN4. The van der Waals surface area contributed by atoms with E-state index in [-0.39, 0.29) is 5.82 Å². The first-order valence-corrected chi connectivity index (χ1v) is 5.22. The quantitative estimate of drug-likeness (QED) is 0.854. The van der Waals surface area contributed by atoms with E-state index in [9.17, 15) is 4.39 Å². The Bertz CT molecular complexity index is 528. The van der Waals surface area contributed by atoms with Crippen molar-refractivity contribution in [3.8, 4) is 0 Å². The zero-order chi connectivity index (χ0) is 12.3. The lowest BCUT2D eigenvalue weighted by atomic mass is 10.2. The molecule has 0 saturated carbocycles. The molecule has 88 valence electrons. The number of hydrogen-bond donors (Lipinski definition) is 2. The van der Waals surface area contributed by atoms with Gasteiger partial charge in [-0.15, -0.1) is 0 Å². The third kappa shape index (κ3) is 2.69. The minimum absolute atomic E-state index is 0.282. The Hall–Kier alpha value is -2.17. The maximum atomic E-state index is 13.1. The fourth-order valence-corrected chi connectivity index (χ4v) is 1.41. The van der Waals surface area contributed by atoms with Gasteiger partial charge < -0.3 is 10.6 Å². The molecule has 2 N–H and O–H groups in total. The predicted octanol–water partition coefficient (Wildman–Crippen LogP) is 2.71. The van der Waals surface area contributed by atoms with E-state index in [1.54, 1.807) is 25.5 Å². The number of aryl methyl sites for hydroxylation is 1. The van der Waals surface area contributed by atoms with Crippen molar-refractivity contribution in [3.05, 3.63) is 42.0 Å². The summed E-state index contributed by atoms with van der Waals surface area (Å²) < 4.78 is 13.1. The highest BCUT2D eigenvalue weighted by atomic mass is 19.1. The van der Waals surface area contributed by atoms with Gasteiger partial charge in [-0.3, -0.25) is 4.98 Å². The maximum absolute atomic E-state index is 13.1. The van der Waals surface area contributed by atoms with E-state index in [4.69, 9.17) is 0 Å². The lowest BCUT2D eigenvalue weighted by Gasteiger charge is -2.09. The molecule has 0 aliphatic heterocycles. The first kappa shape index (κ1) is 11.3. The Morgan fingerprint density at radius 3 is 2.71 bits per heavy atom. The summed E-state index contributed by atoms with van der Waals surface area (Å²) in [5.41, 5.74) is 1.63. The topological polar surface area (TPSA) is 49.8 Å². The van der Waals surface area contributed by atoms with Crippen LogP contribution >= 0.6 is 0 Å². The minimum Gasteiger partial charge on any atom is -0.372 e. The Balaban J connectivity index is 2.27. The smallest absolute Gasteiger partial charge is 0.151 e. The first-order chi connectivity index (χ1) is 8.19. The average Bonchev–Trinajstić information content (AvgIpc) is 2.34. The molecule has 0 aliphatic carbocycles. The second-order valence-corrected chi connectivity index (χ2v) is 3.62. The number of rotatable bonds is 3. The fraction of sp³-hybridized carbons (Fsp3) is 0.167. The maximum Gasteiger partial charge on any atom is 0.151 e. The lowest BCUT2D eigenvalue weighted by molar-refractivity contribution is 0.628. The van der Waals surface area contributed by atoms with Gasteiger partial charge in [0.05, 0.1) is 12.4 Å². The van der Waals surface area contributed by atoms with Crippen LogP contribution in [0.4, 0.5) is 21.7 Å². The van der Waals surface area contributed by atoms with Gasteiger partial charge in [0.2, 0.25) is 0 Å². The zero-order valence-electron chi connectivity index (χ0n) is 9.66. The highest BCUT2D eigenvalue weighted by Gasteiger charge is 2.02. The summed E-state index contributed by atoms with van der Waals surface area (Å²) in [7, 11) is 1.77. The van der Waals surface area contributed by atoms with Crippen LogP contribution in [-0.4, -0.2) is 17.0 Å². The molecule has 0 saturated heterocycles. The van der Waals surface area contributed by atoms with Gasteiger partial charge in [-0.05, 0) is 24.6 Å². The number of nitrogens with zero attached hydrogens (tertiary/aromatic N) is 2. The molecule has 1 aromatic carbocycles. The molecule has 0 bridgehead atoms. The van der Waals surface area contributed by atoms with Gasteiger partial charge in [-0.2, -0.15) is 0 Å².